The summed E-state index contributed by atoms with van der Waals surface area (Å²) >= 11 is 0. The van der Waals surface area contributed by atoms with Crippen molar-refractivity contribution in [1.29, 1.82) is 0 Å². The smallest absolute Gasteiger partial charge is 0.264 e. The lowest BCUT2D eigenvalue weighted by molar-refractivity contribution is -0.131. The summed E-state index contributed by atoms with van der Waals surface area (Å²) in [6.07, 6.45) is 9.79. The highest BCUT2D eigenvalue weighted by atomic mass is 32.2. The summed E-state index contributed by atoms with van der Waals surface area (Å²) in [5, 5.41) is 20.4. The molecule has 2 atom stereocenters. The second kappa shape index (κ2) is 8.15. The molecule has 166 valence electrons. The van der Waals surface area contributed by atoms with Crippen molar-refractivity contribution in [2.24, 2.45) is 0 Å². The van der Waals surface area contributed by atoms with E-state index in [0.717, 1.165) is 30.0 Å². The van der Waals surface area contributed by atoms with Gasteiger partial charge in [0, 0.05) is 37.0 Å². The van der Waals surface area contributed by atoms with E-state index in [2.05, 4.69) is 15.4 Å². The number of hydroxylamine groups is 1. The third-order valence-corrected chi connectivity index (χ3v) is 7.55. The summed E-state index contributed by atoms with van der Waals surface area (Å²) in [6, 6.07) is 1.09. The van der Waals surface area contributed by atoms with E-state index in [1.54, 1.807) is 24.3 Å². The molecule has 2 aromatic heterocycles. The van der Waals surface area contributed by atoms with Gasteiger partial charge >= 0.3 is 0 Å². The molecule has 1 aliphatic carbocycles. The normalized spacial score (nSPS) is 20.4. The number of carbonyl (C=O) groups is 1. The molecule has 13 heteroatoms. The minimum absolute atomic E-state index is 0.0197. The van der Waals surface area contributed by atoms with Crippen LogP contribution in [0.5, 0.6) is 0 Å². The van der Waals surface area contributed by atoms with Crippen molar-refractivity contribution in [1.82, 2.24) is 30.3 Å². The van der Waals surface area contributed by atoms with Gasteiger partial charge in [-0.05, 0) is 18.6 Å². The van der Waals surface area contributed by atoms with Crippen molar-refractivity contribution in [3.05, 3.63) is 64.6 Å². The van der Waals surface area contributed by atoms with Gasteiger partial charge in [0.2, 0.25) is 0 Å². The van der Waals surface area contributed by atoms with Crippen LogP contribution in [0.4, 0.5) is 4.39 Å². The van der Waals surface area contributed by atoms with Crippen molar-refractivity contribution in [3.8, 4) is 0 Å². The highest BCUT2D eigenvalue weighted by molar-refractivity contribution is 7.92. The van der Waals surface area contributed by atoms with Crippen molar-refractivity contribution in [3.63, 3.8) is 0 Å². The largest absolute Gasteiger partial charge is 0.313 e. The number of rotatable bonds is 7. The Morgan fingerprint density at radius 3 is 2.71 bits per heavy atom. The quantitative estimate of drug-likeness (QED) is 0.438. The number of carbonyl (C=O) groups excluding carboxylic acids is 1. The Hall–Kier alpha value is -3.19. The maximum Gasteiger partial charge on any atom is 0.264 e. The molecule has 0 spiro atoms. The van der Waals surface area contributed by atoms with E-state index in [4.69, 9.17) is 5.21 Å². The lowest BCUT2D eigenvalue weighted by atomic mass is 9.84. The molecule has 2 N–H and O–H groups in total. The summed E-state index contributed by atoms with van der Waals surface area (Å²) in [6.45, 7) is 0.839. The zero-order chi connectivity index (χ0) is 22.9. The predicted octanol–water partition coefficient (Wildman–Crippen LogP) is -0.0676. The molecule has 0 saturated heterocycles. The zero-order valence-electron chi connectivity index (χ0n) is 16.8. The number of sulfone groups is 1. The molecule has 3 rings (SSSR count). The van der Waals surface area contributed by atoms with Crippen molar-refractivity contribution in [2.45, 2.75) is 36.6 Å². The highest BCUT2D eigenvalue weighted by Gasteiger charge is 2.43. The lowest BCUT2D eigenvalue weighted by Gasteiger charge is -2.30. The molecular formula is C18H21FN6O5S. The fraction of sp³-hybridized carbons (Fsp3) is 0.389. The molecule has 31 heavy (non-hydrogen) atoms. The number of aromatic nitrogens is 5. The van der Waals surface area contributed by atoms with Crippen LogP contribution in [0.2, 0.25) is 0 Å². The number of pyridine rings is 1. The van der Waals surface area contributed by atoms with Gasteiger partial charge < -0.3 is 4.57 Å². The summed E-state index contributed by atoms with van der Waals surface area (Å²) in [4.78, 5) is 25.9. The third-order valence-electron chi connectivity index (χ3n) is 5.53. The Balaban J connectivity index is 2.00. The first-order chi connectivity index (χ1) is 14.5. The predicted molar refractivity (Wildman–Crippen MR) is 106 cm³/mol. The number of nitrogens with zero attached hydrogens (tertiary/aromatic N) is 5. The summed E-state index contributed by atoms with van der Waals surface area (Å²) in [5.41, 5.74) is -0.450. The van der Waals surface area contributed by atoms with E-state index in [1.165, 1.54) is 16.6 Å². The number of tetrazole rings is 1. The number of aryl methyl sites for hydroxylation is 1. The summed E-state index contributed by atoms with van der Waals surface area (Å²) in [5.74, 6) is -1.89. The highest BCUT2D eigenvalue weighted by Crippen LogP contribution is 2.34. The number of halogens is 1. The van der Waals surface area contributed by atoms with Gasteiger partial charge in [0.05, 0.1) is 0 Å². The van der Waals surface area contributed by atoms with Gasteiger partial charge in [0.25, 0.3) is 11.5 Å². The van der Waals surface area contributed by atoms with Gasteiger partial charge in [-0.1, -0.05) is 24.3 Å². The number of amides is 1. The molecule has 0 aliphatic heterocycles. The fourth-order valence-corrected chi connectivity index (χ4v) is 4.23. The first kappa shape index (κ1) is 22.5. The minimum Gasteiger partial charge on any atom is -0.313 e. The van der Waals surface area contributed by atoms with Crippen molar-refractivity contribution < 1.29 is 22.8 Å². The van der Waals surface area contributed by atoms with Crippen LogP contribution in [0.3, 0.4) is 0 Å². The molecular weight excluding hydrogens is 431 g/mol. The topological polar surface area (TPSA) is 149 Å². The third kappa shape index (κ3) is 3.93. The first-order valence-electron chi connectivity index (χ1n) is 9.17. The van der Waals surface area contributed by atoms with Gasteiger partial charge in [-0.25, -0.2) is 18.3 Å². The van der Waals surface area contributed by atoms with E-state index >= 15 is 4.39 Å². The Kier molecular flexibility index (Phi) is 5.91. The average molecular weight is 452 g/mol. The summed E-state index contributed by atoms with van der Waals surface area (Å²) < 4.78 is 38.3. The summed E-state index contributed by atoms with van der Waals surface area (Å²) in [7, 11) is -3.96. The average Bonchev–Trinajstić information content (AvgIpc) is 3.28. The van der Waals surface area contributed by atoms with Crippen LogP contribution >= 0.6 is 0 Å². The molecule has 0 saturated carbocycles. The van der Waals surface area contributed by atoms with Gasteiger partial charge in [-0.2, -0.15) is 0 Å². The molecule has 1 unspecified atom stereocenters. The second-order valence-electron chi connectivity index (χ2n) is 7.40. The van der Waals surface area contributed by atoms with Gasteiger partial charge in [0.15, 0.2) is 20.9 Å². The Morgan fingerprint density at radius 2 is 2.16 bits per heavy atom. The maximum atomic E-state index is 15.2. The molecule has 2 heterocycles. The Morgan fingerprint density at radius 1 is 1.42 bits per heavy atom. The number of hydrogen-bond donors (Lipinski definition) is 2. The standard InChI is InChI=1S/C18H21FN6O5S/c1-17(16(27)22-28,31(2,29)30)8-9-24-11-14(19)13(10-15(24)26)18(6-4-3-5-7-18)25-21-12-20-23-25/h3-6,10-12,28H,7-9H2,1-2H3,(H,22,27)/t17-,18?/m1/s1. The zero-order valence-corrected chi connectivity index (χ0v) is 17.6. The number of nitrogens with one attached hydrogen (secondary N) is 1. The molecule has 2 aromatic rings. The van der Waals surface area contributed by atoms with Gasteiger partial charge in [-0.15, -0.1) is 15.0 Å². The van der Waals surface area contributed by atoms with Crippen LogP contribution in [0.15, 0.2) is 47.7 Å². The monoisotopic (exact) mass is 452 g/mol. The molecule has 11 nitrogen and oxygen atoms in total. The number of hydrogen-bond acceptors (Lipinski definition) is 8. The van der Waals surface area contributed by atoms with Gasteiger partial charge in [0.1, 0.15) is 11.4 Å². The fourth-order valence-electron chi connectivity index (χ4n) is 3.39. The molecule has 0 fully saturated rings. The van der Waals surface area contributed by atoms with E-state index in [9.17, 15) is 18.0 Å². The van der Waals surface area contributed by atoms with Crippen LogP contribution in [-0.2, 0) is 26.7 Å². The van der Waals surface area contributed by atoms with Crippen molar-refractivity contribution >= 4 is 15.7 Å². The second-order valence-corrected chi connectivity index (χ2v) is 9.85. The van der Waals surface area contributed by atoms with Crippen LogP contribution in [0, 0.1) is 5.82 Å². The van der Waals surface area contributed by atoms with E-state index < -0.39 is 37.4 Å². The maximum absolute atomic E-state index is 15.2. The van der Waals surface area contributed by atoms with E-state index in [-0.39, 0.29) is 24.9 Å². The SMILES string of the molecule is C[C@@](CCn1cc(F)c(C2(n3ncnn3)C=CC=CC2)cc1=O)(C(=O)NO)S(C)(=O)=O. The van der Waals surface area contributed by atoms with Gasteiger partial charge in [-0.3, -0.25) is 14.8 Å². The molecule has 0 radical (unpaired) electrons. The van der Waals surface area contributed by atoms with Crippen LogP contribution in [0.1, 0.15) is 25.3 Å². The van der Waals surface area contributed by atoms with E-state index in [1.807, 2.05) is 0 Å². The number of allylic oxidation sites excluding steroid dienone is 4. The molecule has 1 aliphatic rings. The molecule has 1 amide bonds. The lowest BCUT2D eigenvalue weighted by Crippen LogP contribution is -2.50. The van der Waals surface area contributed by atoms with Crippen molar-refractivity contribution in [2.75, 3.05) is 6.26 Å². The Labute approximate surface area is 176 Å². The van der Waals surface area contributed by atoms with Crippen LogP contribution in [0.25, 0.3) is 0 Å². The van der Waals surface area contributed by atoms with E-state index in [0.29, 0.717) is 0 Å². The minimum atomic E-state index is -3.96. The molecule has 0 bridgehead atoms. The molecule has 0 aromatic carbocycles. The van der Waals surface area contributed by atoms with Crippen LogP contribution < -0.4 is 11.0 Å². The van der Waals surface area contributed by atoms with Crippen LogP contribution in [-0.4, -0.2) is 55.3 Å². The Bertz CT molecular complexity index is 1210. The first-order valence-corrected chi connectivity index (χ1v) is 11.1.